The molecule has 0 atom stereocenters. The van der Waals surface area contributed by atoms with E-state index in [4.69, 9.17) is 11.6 Å². The van der Waals surface area contributed by atoms with Gasteiger partial charge in [-0.3, -0.25) is 4.79 Å². The van der Waals surface area contributed by atoms with Gasteiger partial charge in [0, 0.05) is 24.9 Å². The number of rotatable bonds is 7. The first-order valence-corrected chi connectivity index (χ1v) is 8.89. The summed E-state index contributed by atoms with van der Waals surface area (Å²) in [5.41, 5.74) is 0.212. The fraction of sp³-hybridized carbons (Fsp3) is 0.294. The minimum atomic E-state index is -4.47. The maximum atomic E-state index is 12.5. The minimum Gasteiger partial charge on any atom is -0.355 e. The maximum absolute atomic E-state index is 12.5. The Bertz CT molecular complexity index is 711. The number of alkyl halides is 3. The van der Waals surface area contributed by atoms with Crippen LogP contribution in [-0.2, 0) is 17.4 Å². The SMILES string of the molecule is O=C(CCc1ccccc1)NCCSc1ncc(C(F)(F)F)cc1Cl. The second-order valence-corrected chi connectivity index (χ2v) is 6.68. The highest BCUT2D eigenvalue weighted by Gasteiger charge is 2.31. The third-order valence-corrected chi connectivity index (χ3v) is 4.69. The smallest absolute Gasteiger partial charge is 0.355 e. The highest BCUT2D eigenvalue weighted by molar-refractivity contribution is 7.99. The van der Waals surface area contributed by atoms with E-state index < -0.39 is 11.7 Å². The van der Waals surface area contributed by atoms with E-state index in [1.165, 1.54) is 11.8 Å². The Morgan fingerprint density at radius 3 is 2.60 bits per heavy atom. The van der Waals surface area contributed by atoms with Crippen LogP contribution in [0.15, 0.2) is 47.6 Å². The molecule has 3 nitrogen and oxygen atoms in total. The lowest BCUT2D eigenvalue weighted by atomic mass is 10.1. The molecule has 0 aliphatic heterocycles. The number of amides is 1. The molecular formula is C17H16ClF3N2OS. The van der Waals surface area contributed by atoms with Crippen LogP contribution in [0.3, 0.4) is 0 Å². The van der Waals surface area contributed by atoms with E-state index >= 15 is 0 Å². The highest BCUT2D eigenvalue weighted by atomic mass is 35.5. The monoisotopic (exact) mass is 388 g/mol. The Morgan fingerprint density at radius 1 is 1.24 bits per heavy atom. The molecule has 8 heteroatoms. The average Bonchev–Trinajstić information content (AvgIpc) is 2.58. The third-order valence-electron chi connectivity index (χ3n) is 3.28. The summed E-state index contributed by atoms with van der Waals surface area (Å²) < 4.78 is 37.6. The van der Waals surface area contributed by atoms with Crippen molar-refractivity contribution in [3.05, 3.63) is 58.7 Å². The first-order chi connectivity index (χ1) is 11.9. The van der Waals surface area contributed by atoms with Gasteiger partial charge in [0.2, 0.25) is 5.91 Å². The molecule has 0 saturated heterocycles. The van der Waals surface area contributed by atoms with Gasteiger partial charge in [0.15, 0.2) is 0 Å². The van der Waals surface area contributed by atoms with E-state index in [1.807, 2.05) is 30.3 Å². The van der Waals surface area contributed by atoms with Crippen LogP contribution in [-0.4, -0.2) is 23.2 Å². The lowest BCUT2D eigenvalue weighted by Crippen LogP contribution is -2.25. The summed E-state index contributed by atoms with van der Waals surface area (Å²) in [6.07, 6.45) is -2.67. The van der Waals surface area contributed by atoms with E-state index in [2.05, 4.69) is 10.3 Å². The molecule has 1 aromatic carbocycles. The van der Waals surface area contributed by atoms with Gasteiger partial charge in [-0.05, 0) is 18.1 Å². The normalized spacial score (nSPS) is 11.4. The van der Waals surface area contributed by atoms with Crippen LogP contribution in [0.5, 0.6) is 0 Å². The standard InChI is InChI=1S/C17H16ClF3N2OS/c18-14-10-13(17(19,20)21)11-23-16(14)25-9-8-22-15(24)7-6-12-4-2-1-3-5-12/h1-5,10-11H,6-9H2,(H,22,24). The molecule has 0 saturated carbocycles. The third kappa shape index (κ3) is 6.59. The van der Waals surface area contributed by atoms with E-state index in [1.54, 1.807) is 0 Å². The molecule has 134 valence electrons. The number of carbonyl (C=O) groups is 1. The van der Waals surface area contributed by atoms with Crippen LogP contribution in [0.2, 0.25) is 5.02 Å². The van der Waals surface area contributed by atoms with Gasteiger partial charge in [-0.15, -0.1) is 11.8 Å². The molecule has 0 fully saturated rings. The molecule has 1 amide bonds. The van der Waals surface area contributed by atoms with Crippen LogP contribution in [0, 0.1) is 0 Å². The molecule has 1 heterocycles. The summed E-state index contributed by atoms with van der Waals surface area (Å²) in [5, 5.41) is 3.03. The summed E-state index contributed by atoms with van der Waals surface area (Å²) in [6, 6.07) is 10.5. The molecule has 0 unspecified atom stereocenters. The summed E-state index contributed by atoms with van der Waals surface area (Å²) >= 11 is 7.02. The molecule has 0 aliphatic rings. The fourth-order valence-corrected chi connectivity index (χ4v) is 3.07. The zero-order valence-corrected chi connectivity index (χ0v) is 14.7. The Kier molecular flexibility index (Phi) is 7.13. The highest BCUT2D eigenvalue weighted by Crippen LogP contribution is 2.33. The maximum Gasteiger partial charge on any atom is 0.417 e. The number of nitrogens with zero attached hydrogens (tertiary/aromatic N) is 1. The zero-order chi connectivity index (χ0) is 18.3. The van der Waals surface area contributed by atoms with Gasteiger partial charge < -0.3 is 5.32 Å². The van der Waals surface area contributed by atoms with Gasteiger partial charge in [0.1, 0.15) is 5.03 Å². The Morgan fingerprint density at radius 2 is 1.96 bits per heavy atom. The number of aromatic nitrogens is 1. The van der Waals surface area contributed by atoms with Crippen molar-refractivity contribution in [1.29, 1.82) is 0 Å². The number of hydrogen-bond acceptors (Lipinski definition) is 3. The van der Waals surface area contributed by atoms with E-state index in [0.717, 1.165) is 17.8 Å². The van der Waals surface area contributed by atoms with Crippen molar-refractivity contribution in [1.82, 2.24) is 10.3 Å². The van der Waals surface area contributed by atoms with Crippen LogP contribution in [0.25, 0.3) is 0 Å². The Balaban J connectivity index is 1.71. The molecule has 0 aliphatic carbocycles. The lowest BCUT2D eigenvalue weighted by Gasteiger charge is -2.09. The van der Waals surface area contributed by atoms with E-state index in [0.29, 0.717) is 30.2 Å². The van der Waals surface area contributed by atoms with Crippen molar-refractivity contribution >= 4 is 29.3 Å². The van der Waals surface area contributed by atoms with Gasteiger partial charge in [0.25, 0.3) is 0 Å². The minimum absolute atomic E-state index is 0.0461. The number of carbonyl (C=O) groups excluding carboxylic acids is 1. The topological polar surface area (TPSA) is 42.0 Å². The van der Waals surface area contributed by atoms with Crippen molar-refractivity contribution in [2.75, 3.05) is 12.3 Å². The van der Waals surface area contributed by atoms with Gasteiger partial charge in [-0.25, -0.2) is 4.98 Å². The summed E-state index contributed by atoms with van der Waals surface area (Å²) in [6.45, 7) is 0.386. The zero-order valence-electron chi connectivity index (χ0n) is 13.1. The van der Waals surface area contributed by atoms with E-state index in [9.17, 15) is 18.0 Å². The van der Waals surface area contributed by atoms with Crippen molar-refractivity contribution in [3.63, 3.8) is 0 Å². The van der Waals surface area contributed by atoms with Crippen molar-refractivity contribution in [2.24, 2.45) is 0 Å². The molecule has 25 heavy (non-hydrogen) atoms. The second kappa shape index (κ2) is 9.10. The van der Waals surface area contributed by atoms with Crippen molar-refractivity contribution < 1.29 is 18.0 Å². The summed E-state index contributed by atoms with van der Waals surface area (Å²) in [5.74, 6) is 0.394. The van der Waals surface area contributed by atoms with Crippen molar-refractivity contribution in [2.45, 2.75) is 24.0 Å². The molecule has 2 aromatic rings. The summed E-state index contributed by atoms with van der Waals surface area (Å²) in [4.78, 5) is 15.5. The van der Waals surface area contributed by atoms with Gasteiger partial charge >= 0.3 is 6.18 Å². The second-order valence-electron chi connectivity index (χ2n) is 5.19. The number of nitrogens with one attached hydrogen (secondary N) is 1. The molecule has 0 radical (unpaired) electrons. The van der Waals surface area contributed by atoms with Gasteiger partial charge in [-0.2, -0.15) is 13.2 Å². The largest absolute Gasteiger partial charge is 0.417 e. The van der Waals surface area contributed by atoms with E-state index in [-0.39, 0.29) is 10.9 Å². The number of halogens is 4. The van der Waals surface area contributed by atoms with Crippen LogP contribution < -0.4 is 5.32 Å². The van der Waals surface area contributed by atoms with Crippen LogP contribution in [0.4, 0.5) is 13.2 Å². The Labute approximate surface area is 153 Å². The van der Waals surface area contributed by atoms with Crippen LogP contribution in [0.1, 0.15) is 17.5 Å². The first kappa shape index (κ1) is 19.6. The van der Waals surface area contributed by atoms with Crippen LogP contribution >= 0.6 is 23.4 Å². The predicted molar refractivity (Wildman–Crippen MR) is 92.7 cm³/mol. The Hall–Kier alpha value is -1.73. The number of benzene rings is 1. The molecule has 1 aromatic heterocycles. The lowest BCUT2D eigenvalue weighted by molar-refractivity contribution is -0.137. The fourth-order valence-electron chi connectivity index (χ4n) is 2.02. The number of hydrogen-bond donors (Lipinski definition) is 1. The number of aryl methyl sites for hydroxylation is 1. The van der Waals surface area contributed by atoms with Gasteiger partial charge in [0.05, 0.1) is 10.6 Å². The summed E-state index contributed by atoms with van der Waals surface area (Å²) in [7, 11) is 0. The molecular weight excluding hydrogens is 373 g/mol. The molecule has 0 spiro atoms. The van der Waals surface area contributed by atoms with Crippen molar-refractivity contribution in [3.8, 4) is 0 Å². The number of thioether (sulfide) groups is 1. The molecule has 1 N–H and O–H groups in total. The predicted octanol–water partition coefficient (Wildman–Crippen LogP) is 4.59. The molecule has 2 rings (SSSR count). The molecule has 0 bridgehead atoms. The first-order valence-electron chi connectivity index (χ1n) is 7.52. The average molecular weight is 389 g/mol. The van der Waals surface area contributed by atoms with Gasteiger partial charge in [-0.1, -0.05) is 41.9 Å². The number of pyridine rings is 1. The quantitative estimate of drug-likeness (QED) is 0.557.